The number of aryl methyl sites for hydroxylation is 1. The number of para-hydroxylation sites is 1. The molecule has 2 atom stereocenters. The number of amides is 2. The van der Waals surface area contributed by atoms with E-state index in [1.165, 1.54) is 29.2 Å². The summed E-state index contributed by atoms with van der Waals surface area (Å²) in [6, 6.07) is 21.8. The fraction of sp³-hybridized carbons (Fsp3) is 0.355. The molecule has 0 aliphatic carbocycles. The summed E-state index contributed by atoms with van der Waals surface area (Å²) in [5.41, 5.74) is 2.11. The number of nitrogens with one attached hydrogen (secondary N) is 1. The van der Waals surface area contributed by atoms with Crippen molar-refractivity contribution < 1.29 is 18.0 Å². The van der Waals surface area contributed by atoms with E-state index in [2.05, 4.69) is 5.32 Å². The van der Waals surface area contributed by atoms with Crippen LogP contribution in [-0.4, -0.2) is 50.3 Å². The summed E-state index contributed by atoms with van der Waals surface area (Å²) in [4.78, 5) is 28.9. The van der Waals surface area contributed by atoms with Gasteiger partial charge in [-0.3, -0.25) is 13.9 Å². The molecule has 0 fully saturated rings. The highest BCUT2D eigenvalue weighted by molar-refractivity contribution is 7.92. The van der Waals surface area contributed by atoms with Crippen molar-refractivity contribution in [2.24, 2.45) is 0 Å². The second-order valence-electron chi connectivity index (χ2n) is 9.82. The molecule has 2 amide bonds. The summed E-state index contributed by atoms with van der Waals surface area (Å²) in [6.07, 6.45) is 1.66. The predicted octanol–water partition coefficient (Wildman–Crippen LogP) is 5.61. The molecule has 9 heteroatoms. The highest BCUT2D eigenvalue weighted by Gasteiger charge is 2.34. The maximum atomic E-state index is 14.1. The number of anilines is 1. The number of halogens is 1. The van der Waals surface area contributed by atoms with E-state index in [-0.39, 0.29) is 23.4 Å². The number of rotatable bonds is 13. The zero-order valence-corrected chi connectivity index (χ0v) is 25.1. The van der Waals surface area contributed by atoms with Gasteiger partial charge in [0.05, 0.1) is 10.6 Å². The lowest BCUT2D eigenvalue weighted by Gasteiger charge is -2.34. The summed E-state index contributed by atoms with van der Waals surface area (Å²) < 4.78 is 29.0. The smallest absolute Gasteiger partial charge is 0.264 e. The molecule has 214 valence electrons. The minimum Gasteiger partial charge on any atom is -0.352 e. The van der Waals surface area contributed by atoms with E-state index < -0.39 is 28.5 Å². The second kappa shape index (κ2) is 14.3. The monoisotopic (exact) mass is 583 g/mol. The Balaban J connectivity index is 2.02. The molecule has 0 saturated carbocycles. The summed E-state index contributed by atoms with van der Waals surface area (Å²) >= 11 is 6.01. The van der Waals surface area contributed by atoms with Gasteiger partial charge < -0.3 is 10.2 Å². The van der Waals surface area contributed by atoms with Crippen molar-refractivity contribution in [1.82, 2.24) is 10.2 Å². The largest absolute Gasteiger partial charge is 0.352 e. The maximum Gasteiger partial charge on any atom is 0.264 e. The highest BCUT2D eigenvalue weighted by Crippen LogP contribution is 2.28. The van der Waals surface area contributed by atoms with Crippen LogP contribution in [0.3, 0.4) is 0 Å². The zero-order chi connectivity index (χ0) is 29.3. The van der Waals surface area contributed by atoms with Crippen LogP contribution in [-0.2, 0) is 26.0 Å². The molecule has 3 aromatic rings. The van der Waals surface area contributed by atoms with Gasteiger partial charge in [-0.15, -0.1) is 0 Å². The van der Waals surface area contributed by atoms with Crippen LogP contribution in [0, 0.1) is 6.92 Å². The molecule has 0 aliphatic rings. The Morgan fingerprint density at radius 3 is 2.12 bits per heavy atom. The average molecular weight is 584 g/mol. The molecule has 0 saturated heterocycles. The molecule has 1 N–H and O–H groups in total. The van der Waals surface area contributed by atoms with Gasteiger partial charge in [0.2, 0.25) is 11.8 Å². The van der Waals surface area contributed by atoms with Gasteiger partial charge in [-0.2, -0.15) is 0 Å². The van der Waals surface area contributed by atoms with E-state index in [0.717, 1.165) is 16.3 Å². The fourth-order valence-corrected chi connectivity index (χ4v) is 6.03. The van der Waals surface area contributed by atoms with E-state index in [1.54, 1.807) is 25.1 Å². The van der Waals surface area contributed by atoms with Crippen molar-refractivity contribution in [3.63, 3.8) is 0 Å². The van der Waals surface area contributed by atoms with Crippen molar-refractivity contribution in [3.8, 4) is 0 Å². The number of sulfonamides is 1. The van der Waals surface area contributed by atoms with Gasteiger partial charge in [0, 0.05) is 17.6 Å². The molecular weight excluding hydrogens is 546 g/mol. The van der Waals surface area contributed by atoms with Crippen molar-refractivity contribution in [2.45, 2.75) is 63.9 Å². The molecule has 0 spiro atoms. The predicted molar refractivity (Wildman–Crippen MR) is 161 cm³/mol. The lowest BCUT2D eigenvalue weighted by Crippen LogP contribution is -2.54. The normalized spacial score (nSPS) is 12.8. The van der Waals surface area contributed by atoms with Crippen LogP contribution < -0.4 is 9.62 Å². The van der Waals surface area contributed by atoms with Crippen LogP contribution in [0.1, 0.15) is 44.7 Å². The molecule has 0 aromatic heterocycles. The Hall–Kier alpha value is -3.36. The van der Waals surface area contributed by atoms with Crippen LogP contribution in [0.2, 0.25) is 5.02 Å². The molecule has 3 aromatic carbocycles. The van der Waals surface area contributed by atoms with Crippen LogP contribution in [0.25, 0.3) is 0 Å². The van der Waals surface area contributed by atoms with Gasteiger partial charge in [0.15, 0.2) is 0 Å². The second-order valence-corrected chi connectivity index (χ2v) is 12.1. The molecule has 3 rings (SSSR count). The third kappa shape index (κ3) is 7.86. The first-order valence-electron chi connectivity index (χ1n) is 13.6. The molecule has 7 nitrogen and oxygen atoms in total. The van der Waals surface area contributed by atoms with Gasteiger partial charge in [0.25, 0.3) is 10.0 Å². The van der Waals surface area contributed by atoms with Gasteiger partial charge >= 0.3 is 0 Å². The molecule has 40 heavy (non-hydrogen) atoms. The minimum absolute atomic E-state index is 0.0188. The number of benzene rings is 3. The van der Waals surface area contributed by atoms with Gasteiger partial charge in [-0.05, 0) is 74.6 Å². The highest BCUT2D eigenvalue weighted by atomic mass is 35.5. The number of carbonyl (C=O) groups is 2. The van der Waals surface area contributed by atoms with Gasteiger partial charge in [-0.25, -0.2) is 8.42 Å². The minimum atomic E-state index is -4.14. The summed E-state index contributed by atoms with van der Waals surface area (Å²) in [7, 11) is -4.14. The third-order valence-electron chi connectivity index (χ3n) is 6.94. The van der Waals surface area contributed by atoms with E-state index >= 15 is 0 Å². The number of hydrogen-bond donors (Lipinski definition) is 1. The lowest BCUT2D eigenvalue weighted by atomic mass is 10.1. The average Bonchev–Trinajstić information content (AvgIpc) is 2.94. The first kappa shape index (κ1) is 31.2. The Kier molecular flexibility index (Phi) is 11.2. The van der Waals surface area contributed by atoms with E-state index in [4.69, 9.17) is 11.6 Å². The molecule has 0 aliphatic heterocycles. The van der Waals surface area contributed by atoms with Crippen molar-refractivity contribution in [2.75, 3.05) is 17.4 Å². The maximum absolute atomic E-state index is 14.1. The van der Waals surface area contributed by atoms with Crippen molar-refractivity contribution >= 4 is 39.1 Å². The fourth-order valence-electron chi connectivity index (χ4n) is 4.43. The van der Waals surface area contributed by atoms with E-state index in [1.807, 2.05) is 57.2 Å². The molecular formula is C31H38ClN3O4S. The Morgan fingerprint density at radius 2 is 1.52 bits per heavy atom. The number of carbonyl (C=O) groups excluding carboxylic acids is 2. The van der Waals surface area contributed by atoms with Crippen molar-refractivity contribution in [3.05, 3.63) is 95.0 Å². The topological polar surface area (TPSA) is 86.8 Å². The zero-order valence-electron chi connectivity index (χ0n) is 23.5. The number of hydrogen-bond acceptors (Lipinski definition) is 4. The third-order valence-corrected chi connectivity index (χ3v) is 8.96. The van der Waals surface area contributed by atoms with Gasteiger partial charge in [0.1, 0.15) is 12.6 Å². The first-order chi connectivity index (χ1) is 19.1. The number of nitrogens with zero attached hydrogens (tertiary/aromatic N) is 2. The quantitative estimate of drug-likeness (QED) is 0.283. The van der Waals surface area contributed by atoms with Crippen LogP contribution in [0.15, 0.2) is 83.8 Å². The first-order valence-corrected chi connectivity index (χ1v) is 15.4. The SMILES string of the molecule is CC[C@H](C(=O)N[C@@H](C)CC)N(CCc1ccccc1)C(=O)CN(c1ccccc1C)S(=O)(=O)c1ccc(Cl)cc1. The Morgan fingerprint density at radius 1 is 0.900 bits per heavy atom. The molecule has 0 radical (unpaired) electrons. The standard InChI is InChI=1S/C31H38ClN3O4S/c1-5-24(4)33-31(37)28(6-2)34(21-20-25-13-8-7-9-14-25)30(36)22-35(29-15-11-10-12-23(29)3)40(38,39)27-18-16-26(32)17-19-27/h7-19,24,28H,5-6,20-22H2,1-4H3,(H,33,37)/t24-,28+/m0/s1. The molecule has 0 unspecified atom stereocenters. The van der Waals surface area contributed by atoms with Crippen molar-refractivity contribution in [1.29, 1.82) is 0 Å². The molecule has 0 bridgehead atoms. The van der Waals surface area contributed by atoms with Crippen LogP contribution >= 0.6 is 11.6 Å². The summed E-state index contributed by atoms with van der Waals surface area (Å²) in [5, 5.41) is 3.40. The summed E-state index contributed by atoms with van der Waals surface area (Å²) in [6.45, 7) is 7.35. The van der Waals surface area contributed by atoms with E-state index in [9.17, 15) is 18.0 Å². The molecule has 0 heterocycles. The Labute approximate surface area is 243 Å². The summed E-state index contributed by atoms with van der Waals surface area (Å²) in [5.74, 6) is -0.705. The van der Waals surface area contributed by atoms with Gasteiger partial charge in [-0.1, -0.05) is 74.0 Å². The van der Waals surface area contributed by atoms with Crippen LogP contribution in [0.4, 0.5) is 5.69 Å². The lowest BCUT2D eigenvalue weighted by molar-refractivity contribution is -0.139. The van der Waals surface area contributed by atoms with Crippen LogP contribution in [0.5, 0.6) is 0 Å². The van der Waals surface area contributed by atoms with E-state index in [0.29, 0.717) is 29.1 Å². The Bertz CT molecular complexity index is 1380.